The van der Waals surface area contributed by atoms with E-state index in [1.807, 2.05) is 0 Å². The van der Waals surface area contributed by atoms with Crippen molar-refractivity contribution in [2.75, 3.05) is 6.54 Å². The molecule has 2 unspecified atom stereocenters. The summed E-state index contributed by atoms with van der Waals surface area (Å²) in [6.07, 6.45) is 1.89. The van der Waals surface area contributed by atoms with E-state index in [1.54, 1.807) is 12.1 Å². The van der Waals surface area contributed by atoms with Crippen LogP contribution in [0.5, 0.6) is 0 Å². The fourth-order valence-corrected chi connectivity index (χ4v) is 2.10. The fourth-order valence-electron chi connectivity index (χ4n) is 1.96. The van der Waals surface area contributed by atoms with Crippen LogP contribution in [0.2, 0.25) is 5.22 Å². The highest BCUT2D eigenvalue weighted by molar-refractivity contribution is 6.29. The molecule has 0 saturated carbocycles. The zero-order chi connectivity index (χ0) is 11.5. The van der Waals surface area contributed by atoms with E-state index < -0.39 is 0 Å². The molecule has 5 heteroatoms. The van der Waals surface area contributed by atoms with Crippen LogP contribution >= 0.6 is 11.6 Å². The van der Waals surface area contributed by atoms with Gasteiger partial charge in [0.2, 0.25) is 0 Å². The number of hydrogen-bond acceptors (Lipinski definition) is 3. The Morgan fingerprint density at radius 1 is 1.62 bits per heavy atom. The van der Waals surface area contributed by atoms with Gasteiger partial charge in [0.05, 0.1) is 0 Å². The molecule has 0 aromatic carbocycles. The number of nitrogens with one attached hydrogen (secondary N) is 2. The molecule has 2 heterocycles. The summed E-state index contributed by atoms with van der Waals surface area (Å²) >= 11 is 5.61. The summed E-state index contributed by atoms with van der Waals surface area (Å²) in [5, 5.41) is 6.52. The number of furan rings is 1. The zero-order valence-corrected chi connectivity index (χ0v) is 9.88. The van der Waals surface area contributed by atoms with Crippen molar-refractivity contribution in [2.24, 2.45) is 0 Å². The normalized spacial score (nSPS) is 25.4. The molecule has 88 valence electrons. The maximum absolute atomic E-state index is 11.7. The second-order valence-corrected chi connectivity index (χ2v) is 4.53. The Balaban J connectivity index is 1.92. The van der Waals surface area contributed by atoms with Crippen LogP contribution < -0.4 is 10.6 Å². The van der Waals surface area contributed by atoms with Gasteiger partial charge in [-0.25, -0.2) is 0 Å². The Morgan fingerprint density at radius 3 is 3.06 bits per heavy atom. The van der Waals surface area contributed by atoms with Gasteiger partial charge in [0.1, 0.15) is 0 Å². The topological polar surface area (TPSA) is 54.3 Å². The summed E-state index contributed by atoms with van der Waals surface area (Å²) in [5.41, 5.74) is 0. The SMILES string of the molecule is CC1CC(NC(=O)c2ccc(Cl)o2)CCN1. The van der Waals surface area contributed by atoms with E-state index in [-0.39, 0.29) is 22.9 Å². The lowest BCUT2D eigenvalue weighted by Crippen LogP contribution is -2.46. The molecular formula is C11H15ClN2O2. The van der Waals surface area contributed by atoms with Crippen LogP contribution in [0.15, 0.2) is 16.5 Å². The maximum atomic E-state index is 11.7. The van der Waals surface area contributed by atoms with Gasteiger partial charge in [-0.3, -0.25) is 4.79 Å². The van der Waals surface area contributed by atoms with Crippen LogP contribution in [-0.2, 0) is 0 Å². The Labute approximate surface area is 99.3 Å². The second kappa shape index (κ2) is 4.89. The highest BCUT2D eigenvalue weighted by Gasteiger charge is 2.21. The number of piperidine rings is 1. The van der Waals surface area contributed by atoms with E-state index in [2.05, 4.69) is 17.6 Å². The van der Waals surface area contributed by atoms with Crippen LogP contribution in [0.1, 0.15) is 30.3 Å². The molecule has 1 aromatic heterocycles. The Kier molecular flexibility index (Phi) is 3.51. The van der Waals surface area contributed by atoms with Gasteiger partial charge in [-0.1, -0.05) is 0 Å². The van der Waals surface area contributed by atoms with Crippen molar-refractivity contribution in [3.63, 3.8) is 0 Å². The first-order chi connectivity index (χ1) is 7.65. The average molecular weight is 243 g/mol. The summed E-state index contributed by atoms with van der Waals surface area (Å²) in [6, 6.07) is 3.82. The molecule has 16 heavy (non-hydrogen) atoms. The molecule has 1 aromatic rings. The molecule has 0 radical (unpaired) electrons. The van der Waals surface area contributed by atoms with Crippen molar-refractivity contribution in [2.45, 2.75) is 31.8 Å². The number of rotatable bonds is 2. The van der Waals surface area contributed by atoms with E-state index in [0.29, 0.717) is 6.04 Å². The van der Waals surface area contributed by atoms with Gasteiger partial charge in [-0.2, -0.15) is 0 Å². The van der Waals surface area contributed by atoms with Crippen LogP contribution in [0, 0.1) is 0 Å². The molecule has 0 aliphatic carbocycles. The summed E-state index contributed by atoms with van der Waals surface area (Å²) in [6.45, 7) is 3.05. The quantitative estimate of drug-likeness (QED) is 0.832. The monoisotopic (exact) mass is 242 g/mol. The summed E-state index contributed by atoms with van der Waals surface area (Å²) in [7, 11) is 0. The first-order valence-electron chi connectivity index (χ1n) is 5.45. The van der Waals surface area contributed by atoms with Gasteiger partial charge in [-0.05, 0) is 50.0 Å². The third kappa shape index (κ3) is 2.77. The second-order valence-electron chi connectivity index (χ2n) is 4.15. The standard InChI is InChI=1S/C11H15ClN2O2/c1-7-6-8(4-5-13-7)14-11(15)9-2-3-10(12)16-9/h2-3,7-8,13H,4-6H2,1H3,(H,14,15). The Bertz CT molecular complexity index is 378. The number of halogens is 1. The van der Waals surface area contributed by atoms with Crippen molar-refractivity contribution in [3.8, 4) is 0 Å². The molecule has 2 atom stereocenters. The van der Waals surface area contributed by atoms with Gasteiger partial charge in [0.25, 0.3) is 5.91 Å². The highest BCUT2D eigenvalue weighted by atomic mass is 35.5. The molecular weight excluding hydrogens is 228 g/mol. The van der Waals surface area contributed by atoms with E-state index in [4.69, 9.17) is 16.0 Å². The van der Waals surface area contributed by atoms with Gasteiger partial charge >= 0.3 is 0 Å². The first kappa shape index (κ1) is 11.5. The van der Waals surface area contributed by atoms with E-state index in [9.17, 15) is 4.79 Å². The molecule has 2 rings (SSSR count). The lowest BCUT2D eigenvalue weighted by atomic mass is 10.0. The van der Waals surface area contributed by atoms with E-state index >= 15 is 0 Å². The Hall–Kier alpha value is -1.00. The Morgan fingerprint density at radius 2 is 2.44 bits per heavy atom. The molecule has 0 spiro atoms. The third-order valence-electron chi connectivity index (χ3n) is 2.76. The van der Waals surface area contributed by atoms with Gasteiger partial charge in [-0.15, -0.1) is 0 Å². The molecule has 4 nitrogen and oxygen atoms in total. The van der Waals surface area contributed by atoms with Crippen molar-refractivity contribution in [1.29, 1.82) is 0 Å². The van der Waals surface area contributed by atoms with Crippen molar-refractivity contribution in [1.82, 2.24) is 10.6 Å². The zero-order valence-electron chi connectivity index (χ0n) is 9.13. The maximum Gasteiger partial charge on any atom is 0.287 e. The summed E-state index contributed by atoms with van der Waals surface area (Å²) < 4.78 is 5.05. The summed E-state index contributed by atoms with van der Waals surface area (Å²) in [5.74, 6) is 0.0854. The van der Waals surface area contributed by atoms with Crippen LogP contribution in [0.3, 0.4) is 0 Å². The van der Waals surface area contributed by atoms with Gasteiger partial charge < -0.3 is 15.1 Å². The van der Waals surface area contributed by atoms with E-state index in [0.717, 1.165) is 19.4 Å². The minimum absolute atomic E-state index is 0.189. The first-order valence-corrected chi connectivity index (χ1v) is 5.82. The number of carbonyl (C=O) groups is 1. The predicted octanol–water partition coefficient (Wildman–Crippen LogP) is 1.80. The number of carbonyl (C=O) groups excluding carboxylic acids is 1. The summed E-state index contributed by atoms with van der Waals surface area (Å²) in [4.78, 5) is 11.7. The van der Waals surface area contributed by atoms with Crippen molar-refractivity contribution in [3.05, 3.63) is 23.1 Å². The largest absolute Gasteiger partial charge is 0.440 e. The lowest BCUT2D eigenvalue weighted by molar-refractivity contribution is 0.0897. The van der Waals surface area contributed by atoms with Crippen LogP contribution in [0.25, 0.3) is 0 Å². The van der Waals surface area contributed by atoms with Crippen molar-refractivity contribution >= 4 is 17.5 Å². The van der Waals surface area contributed by atoms with Crippen LogP contribution in [-0.4, -0.2) is 24.5 Å². The minimum atomic E-state index is -0.189. The van der Waals surface area contributed by atoms with Gasteiger partial charge in [0.15, 0.2) is 11.0 Å². The highest BCUT2D eigenvalue weighted by Crippen LogP contribution is 2.14. The van der Waals surface area contributed by atoms with E-state index in [1.165, 1.54) is 0 Å². The smallest absolute Gasteiger partial charge is 0.287 e. The molecule has 1 aliphatic rings. The van der Waals surface area contributed by atoms with Crippen LogP contribution in [0.4, 0.5) is 0 Å². The fraction of sp³-hybridized carbons (Fsp3) is 0.545. The van der Waals surface area contributed by atoms with Crippen molar-refractivity contribution < 1.29 is 9.21 Å². The molecule has 0 bridgehead atoms. The third-order valence-corrected chi connectivity index (χ3v) is 2.96. The van der Waals surface area contributed by atoms with Gasteiger partial charge in [0, 0.05) is 12.1 Å². The minimum Gasteiger partial charge on any atom is -0.440 e. The molecule has 2 N–H and O–H groups in total. The predicted molar refractivity (Wildman–Crippen MR) is 61.7 cm³/mol. The molecule has 1 fully saturated rings. The average Bonchev–Trinajstić information content (AvgIpc) is 2.65. The molecule has 1 amide bonds. The number of amides is 1. The molecule has 1 aliphatic heterocycles. The lowest BCUT2D eigenvalue weighted by Gasteiger charge is -2.28. The number of hydrogen-bond donors (Lipinski definition) is 2. The molecule has 1 saturated heterocycles.